The van der Waals surface area contributed by atoms with Crippen LogP contribution in [0.1, 0.15) is 15.2 Å². The highest BCUT2D eigenvalue weighted by Gasteiger charge is 2.17. The fourth-order valence-electron chi connectivity index (χ4n) is 0.835. The maximum atomic E-state index is 11.1. The van der Waals surface area contributed by atoms with E-state index in [1.165, 1.54) is 6.26 Å². The molecule has 1 rings (SSSR count). The van der Waals surface area contributed by atoms with Crippen molar-refractivity contribution < 1.29 is 9.00 Å². The van der Waals surface area contributed by atoms with E-state index in [1.807, 2.05) is 6.07 Å². The molecule has 0 amide bonds. The molecule has 0 saturated carbocycles. The summed E-state index contributed by atoms with van der Waals surface area (Å²) >= 11 is 1.00. The third-order valence-electron chi connectivity index (χ3n) is 1.42. The number of hydrogen-bond donors (Lipinski definition) is 1. The summed E-state index contributed by atoms with van der Waals surface area (Å²) in [6.07, 6.45) is 2.01. The Balaban J connectivity index is 3.47. The van der Waals surface area contributed by atoms with Crippen LogP contribution in [-0.4, -0.2) is 16.8 Å². The van der Waals surface area contributed by atoms with Gasteiger partial charge in [0.15, 0.2) is 6.29 Å². The van der Waals surface area contributed by atoms with Crippen LogP contribution in [0.5, 0.6) is 0 Å². The van der Waals surface area contributed by atoms with Crippen molar-refractivity contribution in [1.82, 2.24) is 0 Å². The summed E-state index contributed by atoms with van der Waals surface area (Å²) in [6.45, 7) is 0. The van der Waals surface area contributed by atoms with E-state index in [4.69, 9.17) is 11.0 Å². The van der Waals surface area contributed by atoms with Gasteiger partial charge in [0.25, 0.3) is 0 Å². The summed E-state index contributed by atoms with van der Waals surface area (Å²) in [7, 11) is -1.27. The molecule has 0 bridgehead atoms. The Bertz CT molecular complexity index is 417. The first-order valence-corrected chi connectivity index (χ1v) is 5.60. The highest BCUT2D eigenvalue weighted by Crippen LogP contribution is 2.31. The second kappa shape index (κ2) is 3.68. The molecule has 13 heavy (non-hydrogen) atoms. The number of nitrogens with two attached hydrogens (primary N) is 1. The molecule has 0 aromatic carbocycles. The van der Waals surface area contributed by atoms with E-state index in [2.05, 4.69) is 0 Å². The quantitative estimate of drug-likeness (QED) is 0.736. The van der Waals surface area contributed by atoms with Gasteiger partial charge in [0.1, 0.15) is 15.8 Å². The molecule has 0 aliphatic rings. The van der Waals surface area contributed by atoms with Gasteiger partial charge >= 0.3 is 0 Å². The molecule has 0 radical (unpaired) electrons. The van der Waals surface area contributed by atoms with Crippen LogP contribution in [-0.2, 0) is 10.8 Å². The summed E-state index contributed by atoms with van der Waals surface area (Å²) in [5.74, 6) is 0. The monoisotopic (exact) mass is 214 g/mol. The lowest BCUT2D eigenvalue weighted by Crippen LogP contribution is -1.92. The molecule has 6 heteroatoms. The predicted octanol–water partition coefficient (Wildman–Crippen LogP) is 0.752. The molecular weight excluding hydrogens is 208 g/mol. The molecule has 1 unspecified atom stereocenters. The second-order valence-electron chi connectivity index (χ2n) is 2.23. The molecule has 0 saturated heterocycles. The maximum absolute atomic E-state index is 11.1. The maximum Gasteiger partial charge on any atom is 0.162 e. The van der Waals surface area contributed by atoms with E-state index in [-0.39, 0.29) is 16.1 Å². The van der Waals surface area contributed by atoms with Gasteiger partial charge in [0, 0.05) is 6.26 Å². The molecule has 0 aliphatic heterocycles. The van der Waals surface area contributed by atoms with E-state index in [1.54, 1.807) is 0 Å². The van der Waals surface area contributed by atoms with Crippen molar-refractivity contribution in [2.45, 2.75) is 4.21 Å². The first kappa shape index (κ1) is 9.89. The van der Waals surface area contributed by atoms with Crippen molar-refractivity contribution in [2.24, 2.45) is 0 Å². The zero-order valence-corrected chi connectivity index (χ0v) is 8.37. The van der Waals surface area contributed by atoms with Crippen LogP contribution in [0.2, 0.25) is 0 Å². The molecular formula is C7H6N2O2S2. The number of nitrogens with zero attached hydrogens (tertiary/aromatic N) is 1. The molecule has 0 spiro atoms. The van der Waals surface area contributed by atoms with Gasteiger partial charge in [-0.25, -0.2) is 0 Å². The number of carbonyl (C=O) groups excluding carboxylic acids is 1. The first-order valence-electron chi connectivity index (χ1n) is 3.22. The Kier molecular flexibility index (Phi) is 2.80. The van der Waals surface area contributed by atoms with Gasteiger partial charge in [0.2, 0.25) is 0 Å². The third kappa shape index (κ3) is 1.61. The fourth-order valence-corrected chi connectivity index (χ4v) is 2.73. The average Bonchev–Trinajstić information content (AvgIpc) is 2.42. The number of aldehydes is 1. The number of nitriles is 1. The van der Waals surface area contributed by atoms with Gasteiger partial charge in [0.05, 0.1) is 21.4 Å². The number of anilines is 1. The van der Waals surface area contributed by atoms with E-state index < -0.39 is 10.8 Å². The normalized spacial score (nSPS) is 12.0. The van der Waals surface area contributed by atoms with Crippen molar-refractivity contribution in [2.75, 3.05) is 12.0 Å². The molecule has 68 valence electrons. The van der Waals surface area contributed by atoms with Crippen LogP contribution in [0.3, 0.4) is 0 Å². The van der Waals surface area contributed by atoms with Crippen molar-refractivity contribution in [3.05, 3.63) is 10.4 Å². The number of nitrogen functional groups attached to an aromatic ring is 1. The lowest BCUT2D eigenvalue weighted by Gasteiger charge is -1.89. The summed E-state index contributed by atoms with van der Waals surface area (Å²) in [5, 5.41) is 8.68. The lowest BCUT2D eigenvalue weighted by atomic mass is 10.3. The minimum absolute atomic E-state index is 0.132. The highest BCUT2D eigenvalue weighted by atomic mass is 32.2. The largest absolute Gasteiger partial charge is 0.396 e. The third-order valence-corrected chi connectivity index (χ3v) is 4.03. The first-order chi connectivity index (χ1) is 6.11. The molecule has 1 aromatic rings. The van der Waals surface area contributed by atoms with Gasteiger partial charge in [-0.2, -0.15) is 5.26 Å². The molecule has 0 fully saturated rings. The average molecular weight is 214 g/mol. The Morgan fingerprint density at radius 1 is 1.69 bits per heavy atom. The molecule has 2 N–H and O–H groups in total. The summed E-state index contributed by atoms with van der Waals surface area (Å²) in [5.41, 5.74) is 5.78. The number of carbonyl (C=O) groups is 1. The van der Waals surface area contributed by atoms with E-state index in [9.17, 15) is 9.00 Å². The molecule has 1 atom stereocenters. The number of thiophene rings is 1. The Morgan fingerprint density at radius 2 is 2.31 bits per heavy atom. The standard InChI is InChI=1S/C7H6N2O2S2/c1-13(11)7-4(2-8)6(9)5(3-10)12-7/h3H,9H2,1H3. The molecule has 0 aliphatic carbocycles. The van der Waals surface area contributed by atoms with Gasteiger partial charge in [-0.05, 0) is 0 Å². The fraction of sp³-hybridized carbons (Fsp3) is 0.143. The van der Waals surface area contributed by atoms with Crippen molar-refractivity contribution >= 4 is 34.1 Å². The van der Waals surface area contributed by atoms with Gasteiger partial charge in [-0.15, -0.1) is 11.3 Å². The zero-order valence-electron chi connectivity index (χ0n) is 6.73. The second-order valence-corrected chi connectivity index (χ2v) is 4.85. The summed E-state index contributed by atoms with van der Waals surface area (Å²) in [6, 6.07) is 1.83. The predicted molar refractivity (Wildman–Crippen MR) is 51.2 cm³/mol. The number of hydrogen-bond acceptors (Lipinski definition) is 5. The molecule has 1 aromatic heterocycles. The minimum atomic E-state index is -1.27. The van der Waals surface area contributed by atoms with Crippen LogP contribution in [0, 0.1) is 11.3 Å². The smallest absolute Gasteiger partial charge is 0.162 e. The van der Waals surface area contributed by atoms with Gasteiger partial charge in [-0.3, -0.25) is 9.00 Å². The molecule has 1 heterocycles. The lowest BCUT2D eigenvalue weighted by molar-refractivity contribution is 0.112. The van der Waals surface area contributed by atoms with Crippen molar-refractivity contribution in [3.8, 4) is 6.07 Å². The Labute approximate surface area is 81.4 Å². The van der Waals surface area contributed by atoms with Gasteiger partial charge in [-0.1, -0.05) is 0 Å². The van der Waals surface area contributed by atoms with E-state index >= 15 is 0 Å². The minimum Gasteiger partial charge on any atom is -0.396 e. The molecule has 4 nitrogen and oxygen atoms in total. The summed E-state index contributed by atoms with van der Waals surface area (Å²) in [4.78, 5) is 10.7. The van der Waals surface area contributed by atoms with Gasteiger partial charge < -0.3 is 5.73 Å². The Hall–Kier alpha value is -1.19. The van der Waals surface area contributed by atoms with Crippen LogP contribution < -0.4 is 5.73 Å². The zero-order chi connectivity index (χ0) is 10.0. The Morgan fingerprint density at radius 3 is 2.62 bits per heavy atom. The van der Waals surface area contributed by atoms with Crippen molar-refractivity contribution in [1.29, 1.82) is 5.26 Å². The van der Waals surface area contributed by atoms with E-state index in [0.29, 0.717) is 10.5 Å². The highest BCUT2D eigenvalue weighted by molar-refractivity contribution is 7.86. The summed E-state index contributed by atoms with van der Waals surface area (Å²) < 4.78 is 11.5. The van der Waals surface area contributed by atoms with Crippen molar-refractivity contribution in [3.63, 3.8) is 0 Å². The van der Waals surface area contributed by atoms with Crippen LogP contribution in [0.4, 0.5) is 5.69 Å². The topological polar surface area (TPSA) is 83.9 Å². The SMILES string of the molecule is CS(=O)c1sc(C=O)c(N)c1C#N. The number of rotatable bonds is 2. The van der Waals surface area contributed by atoms with E-state index in [0.717, 1.165) is 11.3 Å². The van der Waals surface area contributed by atoms with Crippen LogP contribution in [0.15, 0.2) is 4.21 Å². The van der Waals surface area contributed by atoms with Crippen LogP contribution >= 0.6 is 11.3 Å². The van der Waals surface area contributed by atoms with Crippen LogP contribution in [0.25, 0.3) is 0 Å².